The number of carbonyl (C=O) groups is 1. The standard InChI is InChI=1S/C29H31F3N2O5S/c1-2-40(37,38)26-15-7-20(8-16-26)27(19-35)33-28(36)21-5-11-23(12-6-21)34-17-3-4-25(18-34)39-24-13-9-22(10-14-24)29(30,31)32/h5-16,25,27,35H,2-4,17-19H2,1H3,(H,33,36)/t25?,27-/m0/s1. The minimum Gasteiger partial charge on any atom is -0.489 e. The zero-order valence-electron chi connectivity index (χ0n) is 21.9. The second-order valence-corrected chi connectivity index (χ2v) is 11.9. The third kappa shape index (κ3) is 7.14. The Kier molecular flexibility index (Phi) is 9.05. The van der Waals surface area contributed by atoms with Gasteiger partial charge in [-0.1, -0.05) is 19.1 Å². The molecule has 3 aromatic rings. The van der Waals surface area contributed by atoms with Gasteiger partial charge in [-0.3, -0.25) is 4.79 Å². The number of piperidine rings is 1. The number of nitrogens with one attached hydrogen (secondary N) is 1. The number of sulfone groups is 1. The van der Waals surface area contributed by atoms with Crippen LogP contribution in [-0.4, -0.2) is 51.0 Å². The Hall–Kier alpha value is -3.57. The fraction of sp³-hybridized carbons (Fsp3) is 0.345. The van der Waals surface area contributed by atoms with Crippen LogP contribution in [0.3, 0.4) is 0 Å². The van der Waals surface area contributed by atoms with Crippen LogP contribution in [0.25, 0.3) is 0 Å². The van der Waals surface area contributed by atoms with Gasteiger partial charge in [0.25, 0.3) is 5.91 Å². The molecule has 1 fully saturated rings. The van der Waals surface area contributed by atoms with Gasteiger partial charge in [-0.25, -0.2) is 8.42 Å². The van der Waals surface area contributed by atoms with E-state index >= 15 is 0 Å². The Balaban J connectivity index is 1.36. The molecule has 1 aliphatic rings. The van der Waals surface area contributed by atoms with E-state index in [0.717, 1.165) is 37.2 Å². The summed E-state index contributed by atoms with van der Waals surface area (Å²) in [5, 5.41) is 12.6. The van der Waals surface area contributed by atoms with Crippen LogP contribution in [0.15, 0.2) is 77.7 Å². The number of ether oxygens (including phenoxy) is 1. The van der Waals surface area contributed by atoms with E-state index in [0.29, 0.717) is 23.4 Å². The van der Waals surface area contributed by atoms with Gasteiger partial charge >= 0.3 is 6.18 Å². The summed E-state index contributed by atoms with van der Waals surface area (Å²) in [5.41, 5.74) is 1.13. The SMILES string of the molecule is CCS(=O)(=O)c1ccc([C@H](CO)NC(=O)c2ccc(N3CCCC(Oc4ccc(C(F)(F)F)cc4)C3)cc2)cc1. The maximum atomic E-state index is 12.9. The van der Waals surface area contributed by atoms with E-state index in [1.165, 1.54) is 24.3 Å². The fourth-order valence-electron chi connectivity index (χ4n) is 4.56. The highest BCUT2D eigenvalue weighted by Gasteiger charge is 2.30. The number of carbonyl (C=O) groups excluding carboxylic acids is 1. The van der Waals surface area contributed by atoms with E-state index in [1.54, 1.807) is 31.2 Å². The minimum absolute atomic E-state index is 0.0211. The number of alkyl halides is 3. The molecule has 3 aromatic carbocycles. The van der Waals surface area contributed by atoms with Crippen molar-refractivity contribution < 1.29 is 36.2 Å². The van der Waals surface area contributed by atoms with Crippen LogP contribution in [-0.2, 0) is 16.0 Å². The number of benzene rings is 3. The molecule has 0 aliphatic carbocycles. The van der Waals surface area contributed by atoms with Crippen molar-refractivity contribution in [3.8, 4) is 5.75 Å². The average Bonchev–Trinajstić information content (AvgIpc) is 2.96. The number of hydrogen-bond acceptors (Lipinski definition) is 6. The normalized spacial score (nSPS) is 16.8. The molecular weight excluding hydrogens is 545 g/mol. The van der Waals surface area contributed by atoms with Crippen LogP contribution in [0.2, 0.25) is 0 Å². The minimum atomic E-state index is -4.40. The smallest absolute Gasteiger partial charge is 0.416 e. The predicted octanol–water partition coefficient (Wildman–Crippen LogP) is 5.01. The molecular formula is C29H31F3N2O5S. The Bertz CT molecular complexity index is 1390. The molecule has 2 N–H and O–H groups in total. The second kappa shape index (κ2) is 12.3. The number of amides is 1. The third-order valence-electron chi connectivity index (χ3n) is 6.87. The molecule has 214 valence electrons. The van der Waals surface area contributed by atoms with Crippen LogP contribution >= 0.6 is 0 Å². The quantitative estimate of drug-likeness (QED) is 0.372. The monoisotopic (exact) mass is 576 g/mol. The second-order valence-electron chi connectivity index (χ2n) is 9.58. The van der Waals surface area contributed by atoms with E-state index in [2.05, 4.69) is 10.2 Å². The first-order valence-electron chi connectivity index (χ1n) is 12.9. The first-order valence-corrected chi connectivity index (χ1v) is 14.6. The molecule has 0 saturated carbocycles. The first kappa shape index (κ1) is 29.4. The Morgan fingerprint density at radius 1 is 1.05 bits per heavy atom. The van der Waals surface area contributed by atoms with Gasteiger partial charge in [0.05, 0.1) is 35.4 Å². The van der Waals surface area contributed by atoms with Crippen LogP contribution in [0.1, 0.15) is 47.3 Å². The molecule has 2 atom stereocenters. The van der Waals surface area contributed by atoms with Crippen molar-refractivity contribution in [3.63, 3.8) is 0 Å². The maximum Gasteiger partial charge on any atom is 0.416 e. The molecule has 1 saturated heterocycles. The Morgan fingerprint density at radius 3 is 2.27 bits per heavy atom. The molecule has 11 heteroatoms. The highest BCUT2D eigenvalue weighted by Crippen LogP contribution is 2.31. The van der Waals surface area contributed by atoms with E-state index in [9.17, 15) is 31.5 Å². The van der Waals surface area contributed by atoms with Gasteiger partial charge in [-0.15, -0.1) is 0 Å². The summed E-state index contributed by atoms with van der Waals surface area (Å²) in [5.74, 6) is -0.0304. The summed E-state index contributed by atoms with van der Waals surface area (Å²) in [6, 6.07) is 17.0. The van der Waals surface area contributed by atoms with Crippen molar-refractivity contribution in [2.75, 3.05) is 30.3 Å². The first-order chi connectivity index (χ1) is 19.0. The number of halogens is 3. The molecule has 0 aromatic heterocycles. The van der Waals surface area contributed by atoms with Gasteiger partial charge in [-0.05, 0) is 79.1 Å². The molecule has 7 nitrogen and oxygen atoms in total. The van der Waals surface area contributed by atoms with E-state index in [4.69, 9.17) is 4.74 Å². The number of aliphatic hydroxyl groups is 1. The topological polar surface area (TPSA) is 95.9 Å². The lowest BCUT2D eigenvalue weighted by Gasteiger charge is -2.34. The molecule has 1 aliphatic heterocycles. The number of aliphatic hydroxyl groups excluding tert-OH is 1. The van der Waals surface area contributed by atoms with Crippen molar-refractivity contribution in [2.45, 2.75) is 43.0 Å². The lowest BCUT2D eigenvalue weighted by Crippen LogP contribution is -2.41. The molecule has 40 heavy (non-hydrogen) atoms. The number of rotatable bonds is 9. The van der Waals surface area contributed by atoms with Crippen molar-refractivity contribution in [1.82, 2.24) is 5.32 Å². The maximum absolute atomic E-state index is 12.9. The van der Waals surface area contributed by atoms with Crippen molar-refractivity contribution in [2.24, 2.45) is 0 Å². The van der Waals surface area contributed by atoms with Crippen LogP contribution < -0.4 is 15.0 Å². The summed E-state index contributed by atoms with van der Waals surface area (Å²) in [7, 11) is -3.35. The summed E-state index contributed by atoms with van der Waals surface area (Å²) in [6.07, 6.45) is -2.99. The van der Waals surface area contributed by atoms with Crippen LogP contribution in [0, 0.1) is 0 Å². The number of hydrogen-bond donors (Lipinski definition) is 2. The number of nitrogens with zero attached hydrogens (tertiary/aromatic N) is 1. The molecule has 1 amide bonds. The van der Waals surface area contributed by atoms with Gasteiger partial charge in [-0.2, -0.15) is 13.2 Å². The largest absolute Gasteiger partial charge is 0.489 e. The van der Waals surface area contributed by atoms with Crippen molar-refractivity contribution in [1.29, 1.82) is 0 Å². The zero-order chi connectivity index (χ0) is 28.9. The fourth-order valence-corrected chi connectivity index (χ4v) is 5.44. The third-order valence-corrected chi connectivity index (χ3v) is 8.62. The lowest BCUT2D eigenvalue weighted by molar-refractivity contribution is -0.137. The summed E-state index contributed by atoms with van der Waals surface area (Å²) in [4.78, 5) is 15.1. The molecule has 0 radical (unpaired) electrons. The molecule has 0 spiro atoms. The summed E-state index contributed by atoms with van der Waals surface area (Å²) in [6.45, 7) is 2.52. The van der Waals surface area contributed by atoms with E-state index < -0.39 is 33.5 Å². The van der Waals surface area contributed by atoms with Gasteiger partial charge in [0.2, 0.25) is 0 Å². The highest BCUT2D eigenvalue weighted by atomic mass is 32.2. The van der Waals surface area contributed by atoms with E-state index in [1.807, 2.05) is 12.1 Å². The van der Waals surface area contributed by atoms with Gasteiger partial charge < -0.3 is 20.1 Å². The van der Waals surface area contributed by atoms with E-state index in [-0.39, 0.29) is 23.4 Å². The van der Waals surface area contributed by atoms with Gasteiger partial charge in [0.1, 0.15) is 11.9 Å². The molecule has 1 heterocycles. The van der Waals surface area contributed by atoms with Crippen molar-refractivity contribution in [3.05, 3.63) is 89.5 Å². The average molecular weight is 577 g/mol. The van der Waals surface area contributed by atoms with Gasteiger partial charge in [0.15, 0.2) is 9.84 Å². The number of anilines is 1. The predicted molar refractivity (Wildman–Crippen MR) is 145 cm³/mol. The highest BCUT2D eigenvalue weighted by molar-refractivity contribution is 7.91. The van der Waals surface area contributed by atoms with Crippen LogP contribution in [0.4, 0.5) is 18.9 Å². The molecule has 4 rings (SSSR count). The summed E-state index contributed by atoms with van der Waals surface area (Å²) >= 11 is 0. The molecule has 0 bridgehead atoms. The van der Waals surface area contributed by atoms with Crippen molar-refractivity contribution >= 4 is 21.4 Å². The zero-order valence-corrected chi connectivity index (χ0v) is 22.7. The van der Waals surface area contributed by atoms with Crippen LogP contribution in [0.5, 0.6) is 5.75 Å². The Morgan fingerprint density at radius 2 is 1.70 bits per heavy atom. The van der Waals surface area contributed by atoms with Gasteiger partial charge in [0, 0.05) is 17.8 Å². The Labute approximate surface area is 231 Å². The summed E-state index contributed by atoms with van der Waals surface area (Å²) < 4.78 is 68.4. The lowest BCUT2D eigenvalue weighted by atomic mass is 10.1. The molecule has 1 unspecified atom stereocenters.